The smallest absolute Gasteiger partial charge is 0.0566 e. The van der Waals surface area contributed by atoms with Gasteiger partial charge in [-0.2, -0.15) is 0 Å². The summed E-state index contributed by atoms with van der Waals surface area (Å²) in [6.07, 6.45) is 7.32. The van der Waals surface area contributed by atoms with Gasteiger partial charge >= 0.3 is 0 Å². The quantitative estimate of drug-likeness (QED) is 0.773. The molecule has 1 heterocycles. The van der Waals surface area contributed by atoms with Crippen LogP contribution in [0.5, 0.6) is 0 Å². The van der Waals surface area contributed by atoms with E-state index in [4.69, 9.17) is 0 Å². The summed E-state index contributed by atoms with van der Waals surface area (Å²) in [7, 11) is 0. The molecular formula is C13H25NS. The van der Waals surface area contributed by atoms with Gasteiger partial charge in [0, 0.05) is 11.3 Å². The van der Waals surface area contributed by atoms with Gasteiger partial charge in [-0.3, -0.25) is 0 Å². The van der Waals surface area contributed by atoms with Gasteiger partial charge in [0.1, 0.15) is 0 Å². The summed E-state index contributed by atoms with van der Waals surface area (Å²) in [5.41, 5.74) is 0. The maximum atomic E-state index is 3.87. The Labute approximate surface area is 98.8 Å². The second-order valence-corrected chi connectivity index (χ2v) is 7.12. The third-order valence-corrected chi connectivity index (χ3v) is 5.56. The first-order chi connectivity index (χ1) is 7.18. The minimum Gasteiger partial charge on any atom is -0.301 e. The van der Waals surface area contributed by atoms with Gasteiger partial charge in [-0.25, -0.2) is 0 Å². The summed E-state index contributed by atoms with van der Waals surface area (Å²) in [6.45, 7) is 7.08. The molecule has 15 heavy (non-hydrogen) atoms. The number of thioether (sulfide) groups is 1. The van der Waals surface area contributed by atoms with Crippen LogP contribution in [0.2, 0.25) is 0 Å². The van der Waals surface area contributed by atoms with Crippen LogP contribution in [-0.2, 0) is 0 Å². The second kappa shape index (κ2) is 5.09. The van der Waals surface area contributed by atoms with Gasteiger partial charge in [-0.1, -0.05) is 40.0 Å². The van der Waals surface area contributed by atoms with E-state index in [-0.39, 0.29) is 0 Å². The van der Waals surface area contributed by atoms with E-state index in [0.717, 1.165) is 28.5 Å². The Morgan fingerprint density at radius 1 is 1.13 bits per heavy atom. The van der Waals surface area contributed by atoms with Crippen molar-refractivity contribution in [3.8, 4) is 0 Å². The SMILES string of the molecule is CC(C)C1NC(C2CCCCC2)SC1C. The molecule has 1 aliphatic heterocycles. The van der Waals surface area contributed by atoms with Crippen molar-refractivity contribution in [2.24, 2.45) is 11.8 Å². The number of rotatable bonds is 2. The molecule has 1 nitrogen and oxygen atoms in total. The van der Waals surface area contributed by atoms with Crippen molar-refractivity contribution in [2.75, 3.05) is 0 Å². The van der Waals surface area contributed by atoms with Crippen LogP contribution in [0.3, 0.4) is 0 Å². The molecule has 0 amide bonds. The van der Waals surface area contributed by atoms with Crippen molar-refractivity contribution in [2.45, 2.75) is 69.5 Å². The zero-order valence-corrected chi connectivity index (χ0v) is 11.1. The second-order valence-electron chi connectivity index (χ2n) is 5.60. The Hall–Kier alpha value is 0.310. The number of nitrogens with one attached hydrogen (secondary N) is 1. The first-order valence-corrected chi connectivity index (χ1v) is 7.54. The van der Waals surface area contributed by atoms with E-state index < -0.39 is 0 Å². The Morgan fingerprint density at radius 2 is 1.80 bits per heavy atom. The van der Waals surface area contributed by atoms with Crippen LogP contribution >= 0.6 is 11.8 Å². The Balaban J connectivity index is 1.89. The predicted molar refractivity (Wildman–Crippen MR) is 69.2 cm³/mol. The summed E-state index contributed by atoms with van der Waals surface area (Å²) in [4.78, 5) is 0. The van der Waals surface area contributed by atoms with Crippen LogP contribution in [0, 0.1) is 11.8 Å². The molecule has 0 aromatic heterocycles. The van der Waals surface area contributed by atoms with Gasteiger partial charge in [0.15, 0.2) is 0 Å². The molecule has 1 N–H and O–H groups in total. The summed E-state index contributed by atoms with van der Waals surface area (Å²) in [5, 5.41) is 5.43. The molecule has 2 aliphatic rings. The fraction of sp³-hybridized carbons (Fsp3) is 1.00. The van der Waals surface area contributed by atoms with E-state index in [0.29, 0.717) is 0 Å². The van der Waals surface area contributed by atoms with E-state index in [2.05, 4.69) is 37.8 Å². The van der Waals surface area contributed by atoms with Crippen LogP contribution in [0.15, 0.2) is 0 Å². The molecule has 88 valence electrons. The van der Waals surface area contributed by atoms with Gasteiger partial charge < -0.3 is 5.32 Å². The molecule has 0 bridgehead atoms. The molecule has 2 rings (SSSR count). The summed E-state index contributed by atoms with van der Waals surface area (Å²) < 4.78 is 0. The predicted octanol–water partition coefficient (Wildman–Crippen LogP) is 3.64. The van der Waals surface area contributed by atoms with E-state index >= 15 is 0 Å². The minimum absolute atomic E-state index is 0.738. The third-order valence-electron chi connectivity index (χ3n) is 4.02. The first-order valence-electron chi connectivity index (χ1n) is 6.60. The van der Waals surface area contributed by atoms with Crippen LogP contribution in [-0.4, -0.2) is 16.7 Å². The van der Waals surface area contributed by atoms with Gasteiger partial charge in [0.2, 0.25) is 0 Å². The van der Waals surface area contributed by atoms with Crippen molar-refractivity contribution in [3.63, 3.8) is 0 Å². The van der Waals surface area contributed by atoms with Gasteiger partial charge in [-0.15, -0.1) is 11.8 Å². The van der Waals surface area contributed by atoms with Crippen molar-refractivity contribution in [1.29, 1.82) is 0 Å². The maximum absolute atomic E-state index is 3.87. The monoisotopic (exact) mass is 227 g/mol. The Bertz CT molecular complexity index is 199. The lowest BCUT2D eigenvalue weighted by Crippen LogP contribution is -2.39. The van der Waals surface area contributed by atoms with Crippen molar-refractivity contribution in [3.05, 3.63) is 0 Å². The van der Waals surface area contributed by atoms with Crippen molar-refractivity contribution < 1.29 is 0 Å². The van der Waals surface area contributed by atoms with Crippen LogP contribution < -0.4 is 5.32 Å². The molecule has 0 aromatic carbocycles. The fourth-order valence-electron chi connectivity index (χ4n) is 3.10. The van der Waals surface area contributed by atoms with E-state index in [1.807, 2.05) is 0 Å². The summed E-state index contributed by atoms with van der Waals surface area (Å²) in [5.74, 6) is 1.73. The standard InChI is InChI=1S/C13H25NS/c1-9(2)12-10(3)15-13(14-12)11-7-5-4-6-8-11/h9-14H,4-8H2,1-3H3. The zero-order chi connectivity index (χ0) is 10.8. The topological polar surface area (TPSA) is 12.0 Å². The van der Waals surface area contributed by atoms with Crippen LogP contribution in [0.1, 0.15) is 52.9 Å². The van der Waals surface area contributed by atoms with Crippen molar-refractivity contribution >= 4 is 11.8 Å². The average Bonchev–Trinajstić information content (AvgIpc) is 2.62. The van der Waals surface area contributed by atoms with Crippen LogP contribution in [0.4, 0.5) is 0 Å². The molecule has 2 heteroatoms. The maximum Gasteiger partial charge on any atom is 0.0566 e. The largest absolute Gasteiger partial charge is 0.301 e. The lowest BCUT2D eigenvalue weighted by molar-refractivity contribution is 0.301. The highest BCUT2D eigenvalue weighted by atomic mass is 32.2. The Kier molecular flexibility index (Phi) is 4.00. The minimum atomic E-state index is 0.738. The molecule has 3 unspecified atom stereocenters. The molecule has 1 saturated carbocycles. The first kappa shape index (κ1) is 11.8. The normalized spacial score (nSPS) is 38.8. The highest BCUT2D eigenvalue weighted by Gasteiger charge is 2.37. The molecule has 0 aromatic rings. The third kappa shape index (κ3) is 2.71. The molecule has 1 saturated heterocycles. The highest BCUT2D eigenvalue weighted by Crippen LogP contribution is 2.39. The fourth-order valence-corrected chi connectivity index (χ4v) is 4.85. The van der Waals surface area contributed by atoms with Gasteiger partial charge in [0.25, 0.3) is 0 Å². The van der Waals surface area contributed by atoms with E-state index in [1.54, 1.807) is 0 Å². The summed E-state index contributed by atoms with van der Waals surface area (Å²) >= 11 is 2.20. The highest BCUT2D eigenvalue weighted by molar-refractivity contribution is 8.00. The molecule has 3 atom stereocenters. The van der Waals surface area contributed by atoms with Crippen molar-refractivity contribution in [1.82, 2.24) is 5.32 Å². The lowest BCUT2D eigenvalue weighted by atomic mass is 9.88. The average molecular weight is 227 g/mol. The lowest BCUT2D eigenvalue weighted by Gasteiger charge is -2.27. The number of hydrogen-bond donors (Lipinski definition) is 1. The van der Waals surface area contributed by atoms with Gasteiger partial charge in [-0.05, 0) is 24.7 Å². The molecule has 0 radical (unpaired) electrons. The van der Waals surface area contributed by atoms with Gasteiger partial charge in [0.05, 0.1) is 5.37 Å². The van der Waals surface area contributed by atoms with Crippen LogP contribution in [0.25, 0.3) is 0 Å². The molecular weight excluding hydrogens is 202 g/mol. The summed E-state index contributed by atoms with van der Waals surface area (Å²) in [6, 6.07) is 0.738. The van der Waals surface area contributed by atoms with E-state index in [9.17, 15) is 0 Å². The van der Waals surface area contributed by atoms with E-state index in [1.165, 1.54) is 32.1 Å². The number of hydrogen-bond acceptors (Lipinski definition) is 2. The molecule has 0 spiro atoms. The Morgan fingerprint density at radius 3 is 2.33 bits per heavy atom. The zero-order valence-electron chi connectivity index (χ0n) is 10.3. The molecule has 1 aliphatic carbocycles. The molecule has 2 fully saturated rings.